The van der Waals surface area contributed by atoms with Gasteiger partial charge in [0, 0.05) is 6.61 Å². The summed E-state index contributed by atoms with van der Waals surface area (Å²) < 4.78 is 5.95. The third-order valence-electron chi connectivity index (χ3n) is 3.47. The monoisotopic (exact) mass is 208 g/mol. The van der Waals surface area contributed by atoms with Crippen molar-refractivity contribution in [2.45, 2.75) is 64.5 Å². The van der Waals surface area contributed by atoms with Gasteiger partial charge in [-0.25, -0.2) is 0 Å². The van der Waals surface area contributed by atoms with E-state index in [1.165, 1.54) is 38.4 Å². The van der Waals surface area contributed by atoms with E-state index in [0.29, 0.717) is 12.2 Å². The van der Waals surface area contributed by atoms with Crippen LogP contribution in [0.15, 0.2) is 12.2 Å². The zero-order valence-electron chi connectivity index (χ0n) is 10.6. The molecule has 1 heterocycles. The molecule has 0 aliphatic carbocycles. The van der Waals surface area contributed by atoms with E-state index in [1.807, 2.05) is 0 Å². The van der Waals surface area contributed by atoms with Crippen LogP contribution in [0.5, 0.6) is 0 Å². The maximum Gasteiger partial charge on any atom is 0.303 e. The predicted molar refractivity (Wildman–Crippen MR) is 68.5 cm³/mol. The minimum atomic E-state index is 0.345. The lowest BCUT2D eigenvalue weighted by molar-refractivity contribution is 0.313. The molecule has 86 valence electrons. The van der Waals surface area contributed by atoms with Crippen LogP contribution in [0.4, 0.5) is 0 Å². The first kappa shape index (κ1) is 12.8. The molecule has 2 heteroatoms. The van der Waals surface area contributed by atoms with Crippen molar-refractivity contribution >= 4 is 6.92 Å². The highest BCUT2D eigenvalue weighted by Crippen LogP contribution is 2.46. The van der Waals surface area contributed by atoms with Gasteiger partial charge in [-0.1, -0.05) is 52.2 Å². The van der Waals surface area contributed by atoms with Gasteiger partial charge in [-0.15, -0.1) is 0 Å². The molecule has 0 aromatic carbocycles. The van der Waals surface area contributed by atoms with E-state index in [0.717, 1.165) is 6.61 Å². The molecule has 0 bridgehead atoms. The summed E-state index contributed by atoms with van der Waals surface area (Å²) in [5.74, 6) is 0. The second-order valence-corrected chi connectivity index (χ2v) is 4.75. The fourth-order valence-corrected chi connectivity index (χ4v) is 2.91. The summed E-state index contributed by atoms with van der Waals surface area (Å²) >= 11 is 0. The maximum atomic E-state index is 5.95. The molecule has 0 aromatic rings. The van der Waals surface area contributed by atoms with E-state index in [1.54, 1.807) is 0 Å². The average molecular weight is 208 g/mol. The summed E-state index contributed by atoms with van der Waals surface area (Å²) in [6.07, 6.45) is 12.2. The Morgan fingerprint density at radius 2 is 1.80 bits per heavy atom. The Balaban J connectivity index is 2.77. The fraction of sp³-hybridized carbons (Fsp3) is 0.846. The Morgan fingerprint density at radius 3 is 2.33 bits per heavy atom. The average Bonchev–Trinajstić information content (AvgIpc) is 2.23. The van der Waals surface area contributed by atoms with E-state index >= 15 is 0 Å². The quantitative estimate of drug-likeness (QED) is 0.466. The first-order valence-corrected chi connectivity index (χ1v) is 6.58. The van der Waals surface area contributed by atoms with Gasteiger partial charge in [0.1, 0.15) is 0 Å². The Kier molecular flexibility index (Phi) is 5.45. The largest absolute Gasteiger partial charge is 0.432 e. The smallest absolute Gasteiger partial charge is 0.303 e. The fourth-order valence-electron chi connectivity index (χ4n) is 2.91. The predicted octanol–water partition coefficient (Wildman–Crippen LogP) is 4.31. The minimum Gasteiger partial charge on any atom is -0.432 e. The van der Waals surface area contributed by atoms with Crippen molar-refractivity contribution in [3.8, 4) is 0 Å². The number of hydrogen-bond donors (Lipinski definition) is 0. The maximum absolute atomic E-state index is 5.95. The van der Waals surface area contributed by atoms with Gasteiger partial charge >= 0.3 is 6.92 Å². The molecule has 1 aliphatic heterocycles. The van der Waals surface area contributed by atoms with Crippen LogP contribution in [0.25, 0.3) is 0 Å². The first-order chi connectivity index (χ1) is 7.29. The molecule has 1 aliphatic rings. The van der Waals surface area contributed by atoms with Gasteiger partial charge in [0.05, 0.1) is 0 Å². The highest BCUT2D eigenvalue weighted by molar-refractivity contribution is 6.56. The van der Waals surface area contributed by atoms with Gasteiger partial charge < -0.3 is 4.65 Å². The molecule has 0 fully saturated rings. The molecule has 15 heavy (non-hydrogen) atoms. The summed E-state index contributed by atoms with van der Waals surface area (Å²) in [5.41, 5.74) is 0. The van der Waals surface area contributed by atoms with Crippen molar-refractivity contribution in [3.63, 3.8) is 0 Å². The van der Waals surface area contributed by atoms with E-state index in [-0.39, 0.29) is 0 Å². The van der Waals surface area contributed by atoms with E-state index in [4.69, 9.17) is 4.65 Å². The molecule has 1 rings (SSSR count). The van der Waals surface area contributed by atoms with Crippen LogP contribution in [0, 0.1) is 0 Å². The highest BCUT2D eigenvalue weighted by atomic mass is 16.4. The van der Waals surface area contributed by atoms with Crippen molar-refractivity contribution < 1.29 is 4.65 Å². The van der Waals surface area contributed by atoms with Crippen molar-refractivity contribution in [2.75, 3.05) is 6.61 Å². The SMILES string of the molecule is CCCB1OCC=CC1(CCC)CCC. The second-order valence-electron chi connectivity index (χ2n) is 4.75. The van der Waals surface area contributed by atoms with Gasteiger partial charge in [0.2, 0.25) is 0 Å². The third kappa shape index (κ3) is 3.11. The lowest BCUT2D eigenvalue weighted by atomic mass is 9.39. The molecule has 0 atom stereocenters. The molecular weight excluding hydrogens is 183 g/mol. The van der Waals surface area contributed by atoms with Gasteiger partial charge in [-0.3, -0.25) is 0 Å². The van der Waals surface area contributed by atoms with Gasteiger partial charge in [-0.05, 0) is 24.5 Å². The Bertz CT molecular complexity index is 195. The molecule has 0 saturated heterocycles. The van der Waals surface area contributed by atoms with Crippen LogP contribution in [0.1, 0.15) is 52.9 Å². The second kappa shape index (κ2) is 6.37. The standard InChI is InChI=1S/C13H25BO/c1-4-8-13(9-5-2)10-7-12-15-14(13)11-6-3/h7,10H,4-6,8-9,11-12H2,1-3H3. The molecule has 0 radical (unpaired) electrons. The van der Waals surface area contributed by atoms with Gasteiger partial charge in [0.25, 0.3) is 0 Å². The van der Waals surface area contributed by atoms with E-state index in [2.05, 4.69) is 32.9 Å². The highest BCUT2D eigenvalue weighted by Gasteiger charge is 2.40. The molecule has 0 spiro atoms. The summed E-state index contributed by atoms with van der Waals surface area (Å²) in [4.78, 5) is 0. The van der Waals surface area contributed by atoms with E-state index in [9.17, 15) is 0 Å². The summed E-state index contributed by atoms with van der Waals surface area (Å²) in [6.45, 7) is 8.10. The van der Waals surface area contributed by atoms with Crippen LogP contribution in [0.2, 0.25) is 11.6 Å². The van der Waals surface area contributed by atoms with Crippen molar-refractivity contribution in [3.05, 3.63) is 12.2 Å². The molecule has 0 saturated carbocycles. The number of hydrogen-bond acceptors (Lipinski definition) is 1. The van der Waals surface area contributed by atoms with E-state index < -0.39 is 0 Å². The Labute approximate surface area is 95.4 Å². The molecular formula is C13H25BO. The molecule has 0 unspecified atom stereocenters. The van der Waals surface area contributed by atoms with Crippen LogP contribution in [-0.4, -0.2) is 13.5 Å². The number of allylic oxidation sites excluding steroid dienone is 1. The van der Waals surface area contributed by atoms with Crippen LogP contribution in [0.3, 0.4) is 0 Å². The number of rotatable bonds is 6. The van der Waals surface area contributed by atoms with Crippen LogP contribution < -0.4 is 0 Å². The summed E-state index contributed by atoms with van der Waals surface area (Å²) in [5, 5.41) is 0.345. The minimum absolute atomic E-state index is 0.345. The lowest BCUT2D eigenvalue weighted by Crippen LogP contribution is -2.37. The Morgan fingerprint density at radius 1 is 1.13 bits per heavy atom. The van der Waals surface area contributed by atoms with Crippen LogP contribution >= 0.6 is 0 Å². The zero-order chi connectivity index (χ0) is 11.1. The first-order valence-electron chi connectivity index (χ1n) is 6.58. The molecule has 0 N–H and O–H groups in total. The molecule has 0 amide bonds. The van der Waals surface area contributed by atoms with Crippen LogP contribution in [-0.2, 0) is 4.65 Å². The zero-order valence-corrected chi connectivity index (χ0v) is 10.6. The van der Waals surface area contributed by atoms with Crippen molar-refractivity contribution in [1.29, 1.82) is 0 Å². The summed E-state index contributed by atoms with van der Waals surface area (Å²) in [7, 11) is 0. The van der Waals surface area contributed by atoms with Gasteiger partial charge in [-0.2, -0.15) is 0 Å². The third-order valence-corrected chi connectivity index (χ3v) is 3.47. The van der Waals surface area contributed by atoms with Gasteiger partial charge in [0.15, 0.2) is 0 Å². The van der Waals surface area contributed by atoms with Crippen molar-refractivity contribution in [1.82, 2.24) is 0 Å². The lowest BCUT2D eigenvalue weighted by Gasteiger charge is -2.38. The summed E-state index contributed by atoms with van der Waals surface area (Å²) in [6, 6.07) is 0. The van der Waals surface area contributed by atoms with Crippen molar-refractivity contribution in [2.24, 2.45) is 0 Å². The molecule has 0 aromatic heterocycles. The topological polar surface area (TPSA) is 9.23 Å². The normalized spacial score (nSPS) is 19.5. The molecule has 1 nitrogen and oxygen atoms in total. The Hall–Kier alpha value is -0.235.